The zero-order valence-electron chi connectivity index (χ0n) is 22.3. The molecule has 0 spiro atoms. The Balaban J connectivity index is 1.82. The molecule has 0 bridgehead atoms. The van der Waals surface area contributed by atoms with Gasteiger partial charge in [0, 0.05) is 28.8 Å². The van der Waals surface area contributed by atoms with Crippen molar-refractivity contribution in [2.45, 2.75) is 60.0 Å². The Labute approximate surface area is 239 Å². The number of ether oxygens (including phenoxy) is 1. The number of nitriles is 1. The maximum atomic E-state index is 15.4. The summed E-state index contributed by atoms with van der Waals surface area (Å²) in [5.41, 5.74) is -1.50. The van der Waals surface area contributed by atoms with Gasteiger partial charge >= 0.3 is 0 Å². The van der Waals surface area contributed by atoms with Crippen LogP contribution in [0.25, 0.3) is 0 Å². The summed E-state index contributed by atoms with van der Waals surface area (Å²) in [6, 6.07) is 10.9. The van der Waals surface area contributed by atoms with Crippen molar-refractivity contribution in [3.8, 4) is 6.07 Å². The summed E-state index contributed by atoms with van der Waals surface area (Å²) in [4.78, 5) is 15.4. The molecule has 212 valence electrons. The molecule has 0 unspecified atom stereocenters. The zero-order valence-corrected chi connectivity index (χ0v) is 24.7. The lowest BCUT2D eigenvalue weighted by Gasteiger charge is -2.34. The van der Waals surface area contributed by atoms with Gasteiger partial charge in [0.05, 0.1) is 16.1 Å². The Kier molecular flexibility index (Phi) is 11.0. The number of amides is 1. The molecular formula is C27H34ClFN4O4S2. The van der Waals surface area contributed by atoms with Crippen molar-refractivity contribution in [1.82, 2.24) is 9.62 Å². The van der Waals surface area contributed by atoms with Crippen LogP contribution in [-0.4, -0.2) is 64.4 Å². The van der Waals surface area contributed by atoms with Gasteiger partial charge in [-0.2, -0.15) is 5.26 Å². The lowest BCUT2D eigenvalue weighted by Crippen LogP contribution is -2.51. The summed E-state index contributed by atoms with van der Waals surface area (Å²) >= 11 is 7.53. The van der Waals surface area contributed by atoms with E-state index in [1.165, 1.54) is 7.11 Å². The van der Waals surface area contributed by atoms with Crippen LogP contribution in [0.5, 0.6) is 0 Å². The Bertz CT molecular complexity index is 1290. The van der Waals surface area contributed by atoms with Crippen LogP contribution in [0.2, 0.25) is 5.02 Å². The van der Waals surface area contributed by atoms with E-state index in [1.807, 2.05) is 41.9 Å². The summed E-state index contributed by atoms with van der Waals surface area (Å²) in [6.07, 6.45) is 3.85. The molecule has 2 aromatic carbocycles. The molecule has 0 aromatic heterocycles. The van der Waals surface area contributed by atoms with Crippen molar-refractivity contribution in [3.05, 3.63) is 52.8 Å². The Morgan fingerprint density at radius 3 is 2.49 bits per heavy atom. The molecule has 12 heteroatoms. The van der Waals surface area contributed by atoms with Crippen LogP contribution >= 0.6 is 23.4 Å². The third-order valence-corrected chi connectivity index (χ3v) is 9.46. The van der Waals surface area contributed by atoms with Gasteiger partial charge in [0.2, 0.25) is 0 Å². The van der Waals surface area contributed by atoms with Gasteiger partial charge in [-0.3, -0.25) is 4.79 Å². The van der Waals surface area contributed by atoms with Crippen molar-refractivity contribution in [2.75, 3.05) is 38.8 Å². The molecule has 1 amide bonds. The number of hydrogen-bond acceptors (Lipinski definition) is 8. The number of nitrogens with one attached hydrogen (secondary N) is 2. The lowest BCUT2D eigenvalue weighted by atomic mass is 9.84. The molecule has 3 rings (SSSR count). The highest BCUT2D eigenvalue weighted by Gasteiger charge is 2.41. The van der Waals surface area contributed by atoms with E-state index >= 15 is 4.39 Å². The van der Waals surface area contributed by atoms with Crippen LogP contribution < -0.4 is 10.0 Å². The topological polar surface area (TPSA) is 112 Å². The van der Waals surface area contributed by atoms with E-state index in [0.717, 1.165) is 36.3 Å². The van der Waals surface area contributed by atoms with E-state index in [1.54, 1.807) is 23.9 Å². The first kappa shape index (κ1) is 31.2. The molecule has 1 aliphatic rings. The second-order valence-corrected chi connectivity index (χ2v) is 13.0. The molecule has 0 radical (unpaired) electrons. The molecule has 0 heterocycles. The minimum absolute atomic E-state index is 0.0797. The molecule has 39 heavy (non-hydrogen) atoms. The van der Waals surface area contributed by atoms with Gasteiger partial charge < -0.3 is 15.0 Å². The summed E-state index contributed by atoms with van der Waals surface area (Å²) in [5, 5.41) is 13.5. The van der Waals surface area contributed by atoms with Gasteiger partial charge in [-0.25, -0.2) is 17.5 Å². The highest BCUT2D eigenvalue weighted by molar-refractivity contribution is 7.99. The number of halogens is 2. The average molecular weight is 597 g/mol. The average Bonchev–Trinajstić information content (AvgIpc) is 2.91. The molecule has 2 aromatic rings. The maximum Gasteiger partial charge on any atom is 0.265 e. The van der Waals surface area contributed by atoms with Crippen LogP contribution in [0, 0.1) is 17.1 Å². The highest BCUT2D eigenvalue weighted by atomic mass is 35.5. The van der Waals surface area contributed by atoms with Crippen LogP contribution in [0.15, 0.2) is 46.2 Å². The number of rotatable bonds is 12. The molecule has 0 saturated heterocycles. The molecular weight excluding hydrogens is 563 g/mol. The van der Waals surface area contributed by atoms with E-state index in [2.05, 4.69) is 5.32 Å². The van der Waals surface area contributed by atoms with Crippen molar-refractivity contribution < 1.29 is 22.3 Å². The predicted octanol–water partition coefficient (Wildman–Crippen LogP) is 5.03. The van der Waals surface area contributed by atoms with Gasteiger partial charge in [0.25, 0.3) is 15.9 Å². The third kappa shape index (κ3) is 8.32. The van der Waals surface area contributed by atoms with Crippen LogP contribution in [0.1, 0.15) is 44.1 Å². The lowest BCUT2D eigenvalue weighted by molar-refractivity contribution is -0.145. The van der Waals surface area contributed by atoms with Gasteiger partial charge in [0.15, 0.2) is 0 Å². The number of thioether (sulfide) groups is 1. The van der Waals surface area contributed by atoms with E-state index in [9.17, 15) is 18.5 Å². The second kappa shape index (κ2) is 13.8. The van der Waals surface area contributed by atoms with Crippen molar-refractivity contribution in [2.24, 2.45) is 0 Å². The maximum absolute atomic E-state index is 15.4. The smallest absolute Gasteiger partial charge is 0.265 e. The summed E-state index contributed by atoms with van der Waals surface area (Å²) in [5.74, 6) is -1.12. The standard InChI is InChI=1S/C27H34ClFN4O4S2/c1-33(2)14-11-21(18-38-22-9-7-20(28)8-10-22)31-25-19(17-30)15-23(16-24(25)29)39(35,36)32-26(34)27(37-3)12-5-4-6-13-27/h7-10,15-16,21,31H,4-6,11-14,18H2,1-3H3,(H,32,34)/t21-/m1/s1. The quantitative estimate of drug-likeness (QED) is 0.328. The Hall–Kier alpha value is -2.36. The summed E-state index contributed by atoms with van der Waals surface area (Å²) in [6.45, 7) is 0.710. The minimum Gasteiger partial charge on any atom is -0.378 e. The second-order valence-electron chi connectivity index (χ2n) is 9.83. The fraction of sp³-hybridized carbons (Fsp3) is 0.481. The van der Waals surface area contributed by atoms with Gasteiger partial charge in [-0.15, -0.1) is 11.8 Å². The fourth-order valence-corrected chi connectivity index (χ4v) is 6.61. The first-order chi connectivity index (χ1) is 18.5. The minimum atomic E-state index is -4.45. The van der Waals surface area contributed by atoms with Crippen LogP contribution in [0.4, 0.5) is 10.1 Å². The number of anilines is 1. The number of sulfonamides is 1. The van der Waals surface area contributed by atoms with Crippen molar-refractivity contribution in [1.29, 1.82) is 5.26 Å². The normalized spacial score (nSPS) is 15.9. The molecule has 1 atom stereocenters. The highest BCUT2D eigenvalue weighted by Crippen LogP contribution is 2.32. The molecule has 1 saturated carbocycles. The molecule has 8 nitrogen and oxygen atoms in total. The Morgan fingerprint density at radius 2 is 1.90 bits per heavy atom. The van der Waals surface area contributed by atoms with E-state index < -0.39 is 32.2 Å². The molecule has 0 aliphatic heterocycles. The first-order valence-corrected chi connectivity index (χ1v) is 15.5. The van der Waals surface area contributed by atoms with Crippen molar-refractivity contribution >= 4 is 45.0 Å². The number of benzene rings is 2. The van der Waals surface area contributed by atoms with Crippen LogP contribution in [-0.2, 0) is 19.6 Å². The van der Waals surface area contributed by atoms with Gasteiger partial charge in [-0.05, 0) is 76.3 Å². The predicted molar refractivity (Wildman–Crippen MR) is 152 cm³/mol. The first-order valence-electron chi connectivity index (χ1n) is 12.7. The Morgan fingerprint density at radius 1 is 1.23 bits per heavy atom. The zero-order chi connectivity index (χ0) is 28.6. The van der Waals surface area contributed by atoms with Gasteiger partial charge in [-0.1, -0.05) is 30.9 Å². The number of carbonyl (C=O) groups is 1. The van der Waals surface area contributed by atoms with E-state index in [0.29, 0.717) is 36.6 Å². The van der Waals surface area contributed by atoms with Crippen LogP contribution in [0.3, 0.4) is 0 Å². The monoisotopic (exact) mass is 596 g/mol. The summed E-state index contributed by atoms with van der Waals surface area (Å²) < 4.78 is 49.0. The molecule has 2 N–H and O–H groups in total. The van der Waals surface area contributed by atoms with Crippen molar-refractivity contribution in [3.63, 3.8) is 0 Å². The third-order valence-electron chi connectivity index (χ3n) is 6.73. The molecule has 1 fully saturated rings. The number of methoxy groups -OCH3 is 1. The number of hydrogen-bond donors (Lipinski definition) is 2. The number of nitrogens with zero attached hydrogens (tertiary/aromatic N) is 2. The number of carbonyl (C=O) groups excluding carboxylic acids is 1. The largest absolute Gasteiger partial charge is 0.378 e. The van der Waals surface area contributed by atoms with Gasteiger partial charge in [0.1, 0.15) is 17.5 Å². The summed E-state index contributed by atoms with van der Waals surface area (Å²) in [7, 11) is 0.790. The van der Waals surface area contributed by atoms with E-state index in [-0.39, 0.29) is 17.3 Å². The SMILES string of the molecule is COC1(C(=O)NS(=O)(=O)c2cc(F)c(N[C@H](CCN(C)C)CSc3ccc(Cl)cc3)c(C#N)c2)CCCCC1. The molecule has 1 aliphatic carbocycles. The van der Waals surface area contributed by atoms with E-state index in [4.69, 9.17) is 16.3 Å². The fourth-order valence-electron chi connectivity index (χ4n) is 4.44.